The lowest BCUT2D eigenvalue weighted by molar-refractivity contribution is -0.125. The van der Waals surface area contributed by atoms with Crippen LogP contribution in [0.15, 0.2) is 24.3 Å². The van der Waals surface area contributed by atoms with Crippen LogP contribution in [-0.4, -0.2) is 44.7 Å². The number of methoxy groups -OCH3 is 1. The Morgan fingerprint density at radius 3 is 3.05 bits per heavy atom. The van der Waals surface area contributed by atoms with Gasteiger partial charge in [-0.25, -0.2) is 0 Å². The van der Waals surface area contributed by atoms with Crippen LogP contribution in [0.25, 0.3) is 0 Å². The highest BCUT2D eigenvalue weighted by molar-refractivity contribution is 6.02. The van der Waals surface area contributed by atoms with Crippen LogP contribution >= 0.6 is 0 Å². The second-order valence-electron chi connectivity index (χ2n) is 4.48. The van der Waals surface area contributed by atoms with Gasteiger partial charge in [-0.1, -0.05) is 18.1 Å². The van der Waals surface area contributed by atoms with Crippen molar-refractivity contribution in [1.29, 1.82) is 0 Å². The second-order valence-corrected chi connectivity index (χ2v) is 4.48. The molecule has 0 aliphatic carbocycles. The van der Waals surface area contributed by atoms with E-state index >= 15 is 0 Å². The smallest absolute Gasteiger partial charge is 0.265 e. The molecule has 0 unspecified atom stereocenters. The van der Waals surface area contributed by atoms with E-state index in [-0.39, 0.29) is 31.6 Å². The van der Waals surface area contributed by atoms with Crippen LogP contribution < -0.4 is 15.0 Å². The Hall–Kier alpha value is -2.52. The van der Waals surface area contributed by atoms with Crippen LogP contribution in [0.2, 0.25) is 0 Å². The van der Waals surface area contributed by atoms with Crippen molar-refractivity contribution >= 4 is 17.5 Å². The fourth-order valence-corrected chi connectivity index (χ4v) is 2.01. The zero-order chi connectivity index (χ0) is 15.2. The molecule has 0 spiro atoms. The average Bonchev–Trinajstić information content (AvgIpc) is 2.49. The van der Waals surface area contributed by atoms with Crippen LogP contribution in [0.4, 0.5) is 5.69 Å². The number of ether oxygens (including phenoxy) is 2. The van der Waals surface area contributed by atoms with Gasteiger partial charge in [0.15, 0.2) is 6.61 Å². The van der Waals surface area contributed by atoms with Crippen molar-refractivity contribution in [3.05, 3.63) is 24.3 Å². The molecule has 0 saturated heterocycles. The van der Waals surface area contributed by atoms with E-state index in [2.05, 4.69) is 11.2 Å². The number of carbonyl (C=O) groups excluding carboxylic acids is 2. The Kier molecular flexibility index (Phi) is 4.80. The van der Waals surface area contributed by atoms with Crippen molar-refractivity contribution < 1.29 is 19.1 Å². The number of amides is 2. The highest BCUT2D eigenvalue weighted by atomic mass is 16.5. The van der Waals surface area contributed by atoms with Gasteiger partial charge < -0.3 is 14.8 Å². The summed E-state index contributed by atoms with van der Waals surface area (Å²) >= 11 is 0. The van der Waals surface area contributed by atoms with Gasteiger partial charge in [-0.2, -0.15) is 0 Å². The fraction of sp³-hybridized carbons (Fsp3) is 0.333. The molecule has 2 amide bonds. The quantitative estimate of drug-likeness (QED) is 0.785. The van der Waals surface area contributed by atoms with Gasteiger partial charge in [-0.15, -0.1) is 6.42 Å². The van der Waals surface area contributed by atoms with Gasteiger partial charge in [0.05, 0.1) is 12.3 Å². The van der Waals surface area contributed by atoms with Gasteiger partial charge in [-0.05, 0) is 12.1 Å². The van der Waals surface area contributed by atoms with Crippen molar-refractivity contribution in [2.75, 3.05) is 31.8 Å². The van der Waals surface area contributed by atoms with E-state index in [9.17, 15) is 9.59 Å². The first kappa shape index (κ1) is 14.9. The third-order valence-electron chi connectivity index (χ3n) is 2.98. The van der Waals surface area contributed by atoms with Crippen molar-refractivity contribution in [2.24, 2.45) is 0 Å². The van der Waals surface area contributed by atoms with Crippen LogP contribution in [0.1, 0.15) is 0 Å². The number of nitrogens with one attached hydrogen (secondary N) is 1. The molecule has 21 heavy (non-hydrogen) atoms. The Bertz CT molecular complexity index is 579. The minimum Gasteiger partial charge on any atom is -0.482 e. The lowest BCUT2D eigenvalue weighted by Crippen LogP contribution is -2.47. The molecule has 0 saturated carbocycles. The number of fused-ring (bicyclic) bond motifs is 1. The lowest BCUT2D eigenvalue weighted by atomic mass is 10.2. The van der Waals surface area contributed by atoms with Crippen molar-refractivity contribution in [3.63, 3.8) is 0 Å². The fourth-order valence-electron chi connectivity index (χ4n) is 2.01. The van der Waals surface area contributed by atoms with Gasteiger partial charge in [0.1, 0.15) is 18.3 Å². The van der Waals surface area contributed by atoms with Crippen molar-refractivity contribution in [1.82, 2.24) is 5.32 Å². The molecule has 0 radical (unpaired) electrons. The third-order valence-corrected chi connectivity index (χ3v) is 2.98. The van der Waals surface area contributed by atoms with Gasteiger partial charge >= 0.3 is 0 Å². The van der Waals surface area contributed by atoms with E-state index in [0.29, 0.717) is 11.4 Å². The molecule has 1 atom stereocenters. The number of anilines is 1. The number of rotatable bonds is 5. The summed E-state index contributed by atoms with van der Waals surface area (Å²) in [4.78, 5) is 25.3. The van der Waals surface area contributed by atoms with Gasteiger partial charge in [0.25, 0.3) is 5.91 Å². The maximum atomic E-state index is 12.0. The molecule has 1 aliphatic rings. The number of para-hydroxylation sites is 2. The van der Waals surface area contributed by atoms with E-state index < -0.39 is 6.04 Å². The summed E-state index contributed by atoms with van der Waals surface area (Å²) in [7, 11) is 1.50. The number of nitrogens with zero attached hydrogens (tertiary/aromatic N) is 1. The first-order valence-corrected chi connectivity index (χ1v) is 6.42. The maximum absolute atomic E-state index is 12.0. The number of terminal acetylenes is 1. The first-order valence-electron chi connectivity index (χ1n) is 6.42. The minimum absolute atomic E-state index is 0.0824. The van der Waals surface area contributed by atoms with E-state index in [1.54, 1.807) is 24.3 Å². The summed E-state index contributed by atoms with van der Waals surface area (Å²) in [6.07, 6.45) is 5.30. The van der Waals surface area contributed by atoms with Crippen LogP contribution in [0.5, 0.6) is 5.75 Å². The zero-order valence-corrected chi connectivity index (χ0v) is 11.7. The third kappa shape index (κ3) is 3.52. The summed E-state index contributed by atoms with van der Waals surface area (Å²) in [6, 6.07) is 6.55. The molecule has 0 fully saturated rings. The average molecular weight is 288 g/mol. The highest BCUT2D eigenvalue weighted by Gasteiger charge is 2.27. The van der Waals surface area contributed by atoms with Crippen LogP contribution in [0, 0.1) is 12.3 Å². The summed E-state index contributed by atoms with van der Waals surface area (Å²) < 4.78 is 10.2. The van der Waals surface area contributed by atoms with E-state index in [1.807, 2.05) is 0 Å². The van der Waals surface area contributed by atoms with Gasteiger partial charge in [0.2, 0.25) is 5.91 Å². The Morgan fingerprint density at radius 2 is 2.33 bits per heavy atom. The lowest BCUT2D eigenvalue weighted by Gasteiger charge is -2.29. The molecule has 6 heteroatoms. The zero-order valence-electron chi connectivity index (χ0n) is 11.7. The standard InChI is InChI=1S/C15H16N2O4/c1-3-11(9-20-2)16-14(18)8-17-12-6-4-5-7-13(12)21-10-15(17)19/h1,4-7,11H,8-10H2,2H3,(H,16,18)/t11-/m1/s1. The molecule has 1 N–H and O–H groups in total. The molecule has 1 aliphatic heterocycles. The first-order chi connectivity index (χ1) is 10.2. The highest BCUT2D eigenvalue weighted by Crippen LogP contribution is 2.31. The second kappa shape index (κ2) is 6.77. The summed E-state index contributed by atoms with van der Waals surface area (Å²) in [6.45, 7) is 0.0257. The summed E-state index contributed by atoms with van der Waals surface area (Å²) in [5, 5.41) is 2.63. The van der Waals surface area contributed by atoms with Gasteiger partial charge in [-0.3, -0.25) is 14.5 Å². The largest absolute Gasteiger partial charge is 0.482 e. The molecule has 1 aromatic carbocycles. The van der Waals surface area contributed by atoms with E-state index in [1.165, 1.54) is 12.0 Å². The molecule has 1 aromatic rings. The summed E-state index contributed by atoms with van der Waals surface area (Å²) in [5.74, 6) is 2.38. The predicted octanol–water partition coefficient (Wildman–Crippen LogP) is 0.176. The molecule has 110 valence electrons. The minimum atomic E-state index is -0.520. The molecular weight excluding hydrogens is 272 g/mol. The normalized spacial score (nSPS) is 14.7. The summed E-state index contributed by atoms with van der Waals surface area (Å²) in [5.41, 5.74) is 0.577. The van der Waals surface area contributed by atoms with Gasteiger partial charge in [0, 0.05) is 7.11 Å². The molecule has 2 rings (SSSR count). The monoisotopic (exact) mass is 288 g/mol. The molecule has 0 bridgehead atoms. The molecule has 6 nitrogen and oxygen atoms in total. The van der Waals surface area contributed by atoms with Crippen molar-refractivity contribution in [3.8, 4) is 18.1 Å². The maximum Gasteiger partial charge on any atom is 0.265 e. The Labute approximate surface area is 123 Å². The number of hydrogen-bond donors (Lipinski definition) is 1. The van der Waals surface area contributed by atoms with Crippen molar-refractivity contribution in [2.45, 2.75) is 6.04 Å². The molecule has 0 aromatic heterocycles. The van der Waals surface area contributed by atoms with E-state index in [4.69, 9.17) is 15.9 Å². The Balaban J connectivity index is 2.07. The SMILES string of the molecule is C#C[C@H](COC)NC(=O)CN1C(=O)COc2ccccc21. The predicted molar refractivity (Wildman–Crippen MR) is 76.9 cm³/mol. The number of benzene rings is 1. The molecular formula is C15H16N2O4. The number of hydrogen-bond acceptors (Lipinski definition) is 4. The van der Waals surface area contributed by atoms with Crippen LogP contribution in [0.3, 0.4) is 0 Å². The Morgan fingerprint density at radius 1 is 1.57 bits per heavy atom. The van der Waals surface area contributed by atoms with E-state index in [0.717, 1.165) is 0 Å². The molecule has 1 heterocycles. The topological polar surface area (TPSA) is 67.9 Å². The van der Waals surface area contributed by atoms with Crippen LogP contribution in [-0.2, 0) is 14.3 Å². The number of carbonyl (C=O) groups is 2.